The van der Waals surface area contributed by atoms with Gasteiger partial charge < -0.3 is 9.64 Å². The SMILES string of the molecule is CCC1COCCN1C(=O)c1cc(C)ccc1Br. The average Bonchev–Trinajstić information content (AvgIpc) is 2.40. The molecular formula is C14H18BrNO2. The molecule has 1 aromatic carbocycles. The van der Waals surface area contributed by atoms with Crippen molar-refractivity contribution >= 4 is 21.8 Å². The Labute approximate surface area is 116 Å². The molecule has 4 heteroatoms. The number of nitrogens with zero attached hydrogens (tertiary/aromatic N) is 1. The first-order valence-corrected chi connectivity index (χ1v) is 7.07. The van der Waals surface area contributed by atoms with Gasteiger partial charge in [0.1, 0.15) is 0 Å². The number of benzene rings is 1. The van der Waals surface area contributed by atoms with Gasteiger partial charge in [-0.25, -0.2) is 0 Å². The van der Waals surface area contributed by atoms with E-state index >= 15 is 0 Å². The Bertz CT molecular complexity index is 447. The van der Waals surface area contributed by atoms with Gasteiger partial charge in [0, 0.05) is 11.0 Å². The lowest BCUT2D eigenvalue weighted by Crippen LogP contribution is -2.48. The largest absolute Gasteiger partial charge is 0.377 e. The van der Waals surface area contributed by atoms with E-state index in [1.165, 1.54) is 0 Å². The highest BCUT2D eigenvalue weighted by molar-refractivity contribution is 9.10. The van der Waals surface area contributed by atoms with Crippen molar-refractivity contribution in [1.82, 2.24) is 4.90 Å². The van der Waals surface area contributed by atoms with Crippen LogP contribution in [0.5, 0.6) is 0 Å². The molecule has 0 aliphatic carbocycles. The van der Waals surface area contributed by atoms with Gasteiger partial charge >= 0.3 is 0 Å². The van der Waals surface area contributed by atoms with Gasteiger partial charge in [-0.3, -0.25) is 4.79 Å². The molecule has 0 aromatic heterocycles. The summed E-state index contributed by atoms with van der Waals surface area (Å²) in [6, 6.07) is 6.06. The Balaban J connectivity index is 2.26. The maximum atomic E-state index is 12.6. The van der Waals surface area contributed by atoms with Crippen LogP contribution in [0.25, 0.3) is 0 Å². The minimum Gasteiger partial charge on any atom is -0.377 e. The van der Waals surface area contributed by atoms with Crippen LogP contribution in [0.1, 0.15) is 29.3 Å². The molecule has 0 N–H and O–H groups in total. The Kier molecular flexibility index (Phi) is 4.40. The molecule has 98 valence electrons. The Morgan fingerprint density at radius 3 is 3.06 bits per heavy atom. The van der Waals surface area contributed by atoms with Crippen LogP contribution in [0.4, 0.5) is 0 Å². The number of hydrogen-bond acceptors (Lipinski definition) is 2. The molecule has 1 aromatic rings. The molecule has 1 saturated heterocycles. The molecule has 1 aliphatic rings. The maximum Gasteiger partial charge on any atom is 0.255 e. The van der Waals surface area contributed by atoms with Crippen molar-refractivity contribution in [2.75, 3.05) is 19.8 Å². The van der Waals surface area contributed by atoms with Crippen molar-refractivity contribution in [2.24, 2.45) is 0 Å². The number of halogens is 1. The highest BCUT2D eigenvalue weighted by Crippen LogP contribution is 2.22. The molecule has 1 amide bonds. The lowest BCUT2D eigenvalue weighted by molar-refractivity contribution is -0.00285. The Morgan fingerprint density at radius 2 is 2.33 bits per heavy atom. The highest BCUT2D eigenvalue weighted by atomic mass is 79.9. The first kappa shape index (κ1) is 13.6. The predicted molar refractivity (Wildman–Crippen MR) is 74.8 cm³/mol. The normalized spacial score (nSPS) is 19.9. The molecule has 3 nitrogen and oxygen atoms in total. The summed E-state index contributed by atoms with van der Waals surface area (Å²) in [4.78, 5) is 14.5. The molecular weight excluding hydrogens is 294 g/mol. The van der Waals surface area contributed by atoms with E-state index in [0.717, 1.165) is 22.0 Å². The fraction of sp³-hybridized carbons (Fsp3) is 0.500. The summed E-state index contributed by atoms with van der Waals surface area (Å²) in [5.74, 6) is 0.0979. The first-order valence-electron chi connectivity index (χ1n) is 6.28. The minimum absolute atomic E-state index is 0.0979. The fourth-order valence-electron chi connectivity index (χ4n) is 2.22. The van der Waals surface area contributed by atoms with Crippen LogP contribution in [0.2, 0.25) is 0 Å². The lowest BCUT2D eigenvalue weighted by Gasteiger charge is -2.35. The van der Waals surface area contributed by atoms with Gasteiger partial charge in [0.05, 0.1) is 24.8 Å². The van der Waals surface area contributed by atoms with Gasteiger partial charge in [0.15, 0.2) is 0 Å². The summed E-state index contributed by atoms with van der Waals surface area (Å²) in [6.07, 6.45) is 0.926. The molecule has 1 aliphatic heterocycles. The Morgan fingerprint density at radius 1 is 1.56 bits per heavy atom. The molecule has 1 heterocycles. The molecule has 1 fully saturated rings. The number of morpholine rings is 1. The van der Waals surface area contributed by atoms with Crippen LogP contribution in [0, 0.1) is 6.92 Å². The summed E-state index contributed by atoms with van der Waals surface area (Å²) in [5.41, 5.74) is 1.85. The summed E-state index contributed by atoms with van der Waals surface area (Å²) in [5, 5.41) is 0. The zero-order valence-corrected chi connectivity index (χ0v) is 12.4. The maximum absolute atomic E-state index is 12.6. The topological polar surface area (TPSA) is 29.5 Å². The standard InChI is InChI=1S/C14H18BrNO2/c1-3-11-9-18-7-6-16(11)14(17)12-8-10(2)4-5-13(12)15/h4-5,8,11H,3,6-7,9H2,1-2H3. The van der Waals surface area contributed by atoms with E-state index in [2.05, 4.69) is 22.9 Å². The zero-order chi connectivity index (χ0) is 13.1. The molecule has 1 atom stereocenters. The van der Waals surface area contributed by atoms with Crippen LogP contribution >= 0.6 is 15.9 Å². The molecule has 0 radical (unpaired) electrons. The second kappa shape index (κ2) is 5.85. The van der Waals surface area contributed by atoms with Crippen molar-refractivity contribution in [3.63, 3.8) is 0 Å². The van der Waals surface area contributed by atoms with Crippen molar-refractivity contribution in [3.05, 3.63) is 33.8 Å². The number of aryl methyl sites for hydroxylation is 1. The zero-order valence-electron chi connectivity index (χ0n) is 10.8. The molecule has 0 saturated carbocycles. The van der Waals surface area contributed by atoms with E-state index < -0.39 is 0 Å². The van der Waals surface area contributed by atoms with Crippen molar-refractivity contribution in [1.29, 1.82) is 0 Å². The number of carbonyl (C=O) groups excluding carboxylic acids is 1. The smallest absolute Gasteiger partial charge is 0.255 e. The van der Waals surface area contributed by atoms with Crippen LogP contribution in [-0.2, 0) is 4.74 Å². The van der Waals surface area contributed by atoms with Crippen molar-refractivity contribution < 1.29 is 9.53 Å². The molecule has 2 rings (SSSR count). The summed E-state index contributed by atoms with van der Waals surface area (Å²) in [7, 11) is 0. The average molecular weight is 312 g/mol. The van der Waals surface area contributed by atoms with Gasteiger partial charge in [-0.15, -0.1) is 0 Å². The predicted octanol–water partition coefficient (Wildman–Crippen LogP) is 3.01. The first-order chi connectivity index (χ1) is 8.63. The number of hydrogen-bond donors (Lipinski definition) is 0. The van der Waals surface area contributed by atoms with Crippen LogP contribution in [0.15, 0.2) is 22.7 Å². The van der Waals surface area contributed by atoms with E-state index in [9.17, 15) is 4.79 Å². The molecule has 0 spiro atoms. The van der Waals surface area contributed by atoms with Gasteiger partial charge in [-0.05, 0) is 41.4 Å². The second-order valence-electron chi connectivity index (χ2n) is 4.62. The Hall–Kier alpha value is -0.870. The monoisotopic (exact) mass is 311 g/mol. The number of carbonyl (C=O) groups is 1. The number of ether oxygens (including phenoxy) is 1. The summed E-state index contributed by atoms with van der Waals surface area (Å²) >= 11 is 3.46. The van der Waals surface area contributed by atoms with Gasteiger partial charge in [0.25, 0.3) is 5.91 Å². The van der Waals surface area contributed by atoms with Crippen LogP contribution in [0.3, 0.4) is 0 Å². The van der Waals surface area contributed by atoms with E-state index in [1.807, 2.05) is 30.0 Å². The molecule has 1 unspecified atom stereocenters. The van der Waals surface area contributed by atoms with Crippen molar-refractivity contribution in [2.45, 2.75) is 26.3 Å². The van der Waals surface area contributed by atoms with E-state index in [1.54, 1.807) is 0 Å². The number of rotatable bonds is 2. The third-order valence-electron chi connectivity index (χ3n) is 3.31. The van der Waals surface area contributed by atoms with E-state index in [-0.39, 0.29) is 11.9 Å². The van der Waals surface area contributed by atoms with E-state index in [4.69, 9.17) is 4.74 Å². The summed E-state index contributed by atoms with van der Waals surface area (Å²) in [6.45, 7) is 6.04. The van der Waals surface area contributed by atoms with Crippen LogP contribution < -0.4 is 0 Å². The summed E-state index contributed by atoms with van der Waals surface area (Å²) < 4.78 is 6.30. The third kappa shape index (κ3) is 2.75. The van der Waals surface area contributed by atoms with Gasteiger partial charge in [0.2, 0.25) is 0 Å². The molecule has 18 heavy (non-hydrogen) atoms. The van der Waals surface area contributed by atoms with Crippen LogP contribution in [-0.4, -0.2) is 36.6 Å². The highest BCUT2D eigenvalue weighted by Gasteiger charge is 2.27. The second-order valence-corrected chi connectivity index (χ2v) is 5.47. The minimum atomic E-state index is 0.0979. The van der Waals surface area contributed by atoms with E-state index in [0.29, 0.717) is 19.8 Å². The number of amides is 1. The lowest BCUT2D eigenvalue weighted by atomic mass is 10.1. The van der Waals surface area contributed by atoms with Gasteiger partial charge in [-0.1, -0.05) is 18.6 Å². The quantitative estimate of drug-likeness (QED) is 0.840. The van der Waals surface area contributed by atoms with Gasteiger partial charge in [-0.2, -0.15) is 0 Å². The third-order valence-corrected chi connectivity index (χ3v) is 4.00. The fourth-order valence-corrected chi connectivity index (χ4v) is 2.63. The molecule has 0 bridgehead atoms. The van der Waals surface area contributed by atoms with Crippen molar-refractivity contribution in [3.8, 4) is 0 Å².